The highest BCUT2D eigenvalue weighted by Crippen LogP contribution is 2.21. The topological polar surface area (TPSA) is 49.3 Å². The molecule has 0 aromatic carbocycles. The highest BCUT2D eigenvalue weighted by atomic mass is 35.5. The number of aliphatic hydroxyl groups is 1. The summed E-state index contributed by atoms with van der Waals surface area (Å²) in [4.78, 5) is 12.2. The Morgan fingerprint density at radius 3 is 2.67 bits per heavy atom. The lowest BCUT2D eigenvalue weighted by molar-refractivity contribution is 0.0901. The highest BCUT2D eigenvalue weighted by Gasteiger charge is 2.17. The van der Waals surface area contributed by atoms with Crippen molar-refractivity contribution in [3.63, 3.8) is 0 Å². The van der Waals surface area contributed by atoms with Crippen molar-refractivity contribution in [2.75, 3.05) is 6.61 Å². The second kappa shape index (κ2) is 5.49. The number of carbonyl (C=O) groups excluding carboxylic acids is 1. The van der Waals surface area contributed by atoms with Crippen LogP contribution >= 0.6 is 22.9 Å². The van der Waals surface area contributed by atoms with E-state index in [4.69, 9.17) is 16.7 Å². The van der Waals surface area contributed by atoms with E-state index < -0.39 is 0 Å². The second-order valence-corrected chi connectivity index (χ2v) is 5.33. The first-order valence-corrected chi connectivity index (χ1v) is 5.91. The highest BCUT2D eigenvalue weighted by molar-refractivity contribution is 7.17. The number of carbonyl (C=O) groups is 1. The molecule has 0 aliphatic carbocycles. The first-order valence-electron chi connectivity index (χ1n) is 4.71. The molecule has 0 aliphatic heterocycles. The average molecular weight is 248 g/mol. The van der Waals surface area contributed by atoms with Crippen LogP contribution in [-0.2, 0) is 0 Å². The number of hydrogen-bond acceptors (Lipinski definition) is 3. The SMILES string of the molecule is CC(C)[C@@H](CO)NC(=O)c1ccc(Cl)s1. The van der Waals surface area contributed by atoms with E-state index in [1.54, 1.807) is 12.1 Å². The monoisotopic (exact) mass is 247 g/mol. The summed E-state index contributed by atoms with van der Waals surface area (Å²) >= 11 is 6.96. The third-order valence-corrected chi connectivity index (χ3v) is 3.34. The van der Waals surface area contributed by atoms with Gasteiger partial charge in [0.25, 0.3) is 5.91 Å². The van der Waals surface area contributed by atoms with E-state index >= 15 is 0 Å². The maximum atomic E-state index is 11.7. The van der Waals surface area contributed by atoms with Gasteiger partial charge < -0.3 is 10.4 Å². The molecule has 5 heteroatoms. The Kier molecular flexibility index (Phi) is 4.57. The van der Waals surface area contributed by atoms with Crippen LogP contribution in [0.15, 0.2) is 12.1 Å². The predicted octanol–water partition coefficient (Wildman–Crippen LogP) is 2.15. The molecule has 0 saturated heterocycles. The van der Waals surface area contributed by atoms with E-state index in [-0.39, 0.29) is 24.5 Å². The Balaban J connectivity index is 2.62. The van der Waals surface area contributed by atoms with Crippen molar-refractivity contribution in [3.8, 4) is 0 Å². The van der Waals surface area contributed by atoms with Crippen LogP contribution in [0.1, 0.15) is 23.5 Å². The fourth-order valence-electron chi connectivity index (χ4n) is 1.10. The minimum absolute atomic E-state index is 0.0531. The van der Waals surface area contributed by atoms with E-state index in [1.807, 2.05) is 13.8 Å². The van der Waals surface area contributed by atoms with Crippen molar-refractivity contribution in [1.29, 1.82) is 0 Å². The van der Waals surface area contributed by atoms with Crippen molar-refractivity contribution >= 4 is 28.8 Å². The Morgan fingerprint density at radius 2 is 2.27 bits per heavy atom. The third-order valence-electron chi connectivity index (χ3n) is 2.11. The fraction of sp³-hybridized carbons (Fsp3) is 0.500. The van der Waals surface area contributed by atoms with Gasteiger partial charge in [0.2, 0.25) is 0 Å². The molecule has 1 atom stereocenters. The summed E-state index contributed by atoms with van der Waals surface area (Å²) in [6, 6.07) is 3.15. The summed E-state index contributed by atoms with van der Waals surface area (Å²) in [5, 5.41) is 11.8. The van der Waals surface area contributed by atoms with Gasteiger partial charge in [-0.05, 0) is 18.1 Å². The van der Waals surface area contributed by atoms with E-state index in [2.05, 4.69) is 5.32 Å². The molecule has 1 aromatic heterocycles. The lowest BCUT2D eigenvalue weighted by Crippen LogP contribution is -2.40. The normalized spacial score (nSPS) is 12.9. The number of amides is 1. The predicted molar refractivity (Wildman–Crippen MR) is 62.5 cm³/mol. The molecular weight excluding hydrogens is 234 g/mol. The molecule has 0 unspecified atom stereocenters. The molecule has 2 N–H and O–H groups in total. The summed E-state index contributed by atoms with van der Waals surface area (Å²) < 4.78 is 0.588. The van der Waals surface area contributed by atoms with Crippen LogP contribution < -0.4 is 5.32 Å². The molecular formula is C10H14ClNO2S. The van der Waals surface area contributed by atoms with Gasteiger partial charge in [-0.1, -0.05) is 25.4 Å². The molecule has 15 heavy (non-hydrogen) atoms. The lowest BCUT2D eigenvalue weighted by Gasteiger charge is -2.19. The molecule has 1 aromatic rings. The van der Waals surface area contributed by atoms with E-state index in [0.717, 1.165) is 0 Å². The van der Waals surface area contributed by atoms with Crippen LogP contribution in [0, 0.1) is 5.92 Å². The maximum Gasteiger partial charge on any atom is 0.261 e. The van der Waals surface area contributed by atoms with Gasteiger partial charge in [0.05, 0.1) is 21.9 Å². The number of rotatable bonds is 4. The van der Waals surface area contributed by atoms with Crippen molar-refractivity contribution in [2.24, 2.45) is 5.92 Å². The summed E-state index contributed by atoms with van der Waals surface area (Å²) in [5.41, 5.74) is 0. The molecule has 0 saturated carbocycles. The van der Waals surface area contributed by atoms with Crippen molar-refractivity contribution in [2.45, 2.75) is 19.9 Å². The zero-order chi connectivity index (χ0) is 11.4. The zero-order valence-electron chi connectivity index (χ0n) is 8.66. The molecule has 1 amide bonds. The second-order valence-electron chi connectivity index (χ2n) is 3.61. The first-order chi connectivity index (χ1) is 7.04. The van der Waals surface area contributed by atoms with Gasteiger partial charge in [0, 0.05) is 0 Å². The van der Waals surface area contributed by atoms with Crippen LogP contribution in [0.4, 0.5) is 0 Å². The molecule has 0 spiro atoms. The van der Waals surface area contributed by atoms with Gasteiger partial charge in [-0.25, -0.2) is 0 Å². The minimum atomic E-state index is -0.210. The van der Waals surface area contributed by atoms with Crippen LogP contribution in [-0.4, -0.2) is 23.7 Å². The van der Waals surface area contributed by atoms with Crippen LogP contribution in [0.2, 0.25) is 4.34 Å². The third kappa shape index (κ3) is 3.48. The van der Waals surface area contributed by atoms with Crippen molar-refractivity contribution in [3.05, 3.63) is 21.3 Å². The van der Waals surface area contributed by atoms with Gasteiger partial charge >= 0.3 is 0 Å². The largest absolute Gasteiger partial charge is 0.394 e. The maximum absolute atomic E-state index is 11.7. The number of hydrogen-bond donors (Lipinski definition) is 2. The van der Waals surface area contributed by atoms with Gasteiger partial charge in [-0.15, -0.1) is 11.3 Å². The summed E-state index contributed by atoms with van der Waals surface area (Å²) in [7, 11) is 0. The van der Waals surface area contributed by atoms with Gasteiger partial charge in [0.1, 0.15) is 0 Å². The molecule has 84 valence electrons. The molecule has 1 heterocycles. The standard InChI is InChI=1S/C10H14ClNO2S/c1-6(2)7(5-13)12-10(14)8-3-4-9(11)15-8/h3-4,6-7,13H,5H2,1-2H3,(H,12,14)/t7-/m1/s1. The van der Waals surface area contributed by atoms with Crippen molar-refractivity contribution < 1.29 is 9.90 Å². The summed E-state index contributed by atoms with van der Waals surface area (Å²) in [6.45, 7) is 3.84. The van der Waals surface area contributed by atoms with Crippen LogP contribution in [0.3, 0.4) is 0 Å². The molecule has 1 rings (SSSR count). The molecule has 0 aliphatic rings. The van der Waals surface area contributed by atoms with E-state index in [0.29, 0.717) is 9.21 Å². The zero-order valence-corrected chi connectivity index (χ0v) is 10.2. The van der Waals surface area contributed by atoms with Gasteiger partial charge in [-0.2, -0.15) is 0 Å². The number of aliphatic hydroxyl groups excluding tert-OH is 1. The van der Waals surface area contributed by atoms with Crippen LogP contribution in [0.5, 0.6) is 0 Å². The summed E-state index contributed by atoms with van der Waals surface area (Å²) in [6.07, 6.45) is 0. The van der Waals surface area contributed by atoms with Crippen LogP contribution in [0.25, 0.3) is 0 Å². The molecule has 0 radical (unpaired) electrons. The number of halogens is 1. The lowest BCUT2D eigenvalue weighted by atomic mass is 10.1. The number of nitrogens with one attached hydrogen (secondary N) is 1. The van der Waals surface area contributed by atoms with Gasteiger partial charge in [-0.3, -0.25) is 4.79 Å². The Morgan fingerprint density at radius 1 is 1.60 bits per heavy atom. The fourth-order valence-corrected chi connectivity index (χ4v) is 2.05. The first kappa shape index (κ1) is 12.5. The Bertz CT molecular complexity index is 338. The minimum Gasteiger partial charge on any atom is -0.394 e. The molecule has 0 bridgehead atoms. The van der Waals surface area contributed by atoms with E-state index in [9.17, 15) is 4.79 Å². The number of thiophene rings is 1. The smallest absolute Gasteiger partial charge is 0.261 e. The quantitative estimate of drug-likeness (QED) is 0.857. The Hall–Kier alpha value is -0.580. The Labute approximate surface area is 98.1 Å². The molecule has 0 fully saturated rings. The average Bonchev–Trinajstić information content (AvgIpc) is 2.60. The molecule has 3 nitrogen and oxygen atoms in total. The summed E-state index contributed by atoms with van der Waals surface area (Å²) in [5.74, 6) is 0.0223. The van der Waals surface area contributed by atoms with Crippen molar-refractivity contribution in [1.82, 2.24) is 5.32 Å². The van der Waals surface area contributed by atoms with Gasteiger partial charge in [0.15, 0.2) is 0 Å². The van der Waals surface area contributed by atoms with E-state index in [1.165, 1.54) is 11.3 Å².